The van der Waals surface area contributed by atoms with Gasteiger partial charge in [-0.05, 0) is 37.6 Å². The predicted octanol–water partition coefficient (Wildman–Crippen LogP) is 3.02. The maximum atomic E-state index is 13.4. The molecule has 0 saturated carbocycles. The molecular formula is C24H31N5O3. The van der Waals surface area contributed by atoms with Crippen LogP contribution in [0.25, 0.3) is 22.6 Å². The van der Waals surface area contributed by atoms with Gasteiger partial charge in [-0.15, -0.1) is 0 Å². The van der Waals surface area contributed by atoms with Gasteiger partial charge < -0.3 is 24.5 Å². The lowest BCUT2D eigenvalue weighted by Gasteiger charge is -2.29. The summed E-state index contributed by atoms with van der Waals surface area (Å²) < 4.78 is 8.16. The summed E-state index contributed by atoms with van der Waals surface area (Å²) in [5.74, 6) is 0.694. The summed E-state index contributed by atoms with van der Waals surface area (Å²) in [5.41, 5.74) is 1.50. The van der Waals surface area contributed by atoms with E-state index in [1.54, 1.807) is 7.05 Å². The summed E-state index contributed by atoms with van der Waals surface area (Å²) in [7, 11) is 3.61. The molecule has 2 aromatic heterocycles. The van der Waals surface area contributed by atoms with Crippen molar-refractivity contribution in [2.45, 2.75) is 46.3 Å². The molecule has 1 aromatic carbocycles. The van der Waals surface area contributed by atoms with Crippen LogP contribution < -0.4 is 10.6 Å². The molecule has 170 valence electrons. The number of imidazole rings is 1. The quantitative estimate of drug-likeness (QED) is 0.655. The van der Waals surface area contributed by atoms with Crippen LogP contribution in [0.2, 0.25) is 0 Å². The first kappa shape index (κ1) is 22.1. The van der Waals surface area contributed by atoms with Crippen molar-refractivity contribution in [1.29, 1.82) is 0 Å². The van der Waals surface area contributed by atoms with Crippen LogP contribution in [0.4, 0.5) is 0 Å². The van der Waals surface area contributed by atoms with Crippen LogP contribution in [0.1, 0.15) is 43.4 Å². The lowest BCUT2D eigenvalue weighted by molar-refractivity contribution is -0.124. The molecule has 0 bridgehead atoms. The Labute approximate surface area is 188 Å². The molecule has 1 unspecified atom stereocenters. The second kappa shape index (κ2) is 8.43. The van der Waals surface area contributed by atoms with Gasteiger partial charge in [-0.2, -0.15) is 0 Å². The molecule has 1 atom stereocenters. The summed E-state index contributed by atoms with van der Waals surface area (Å²) in [5, 5.41) is 6.57. The molecule has 0 saturated heterocycles. The molecule has 8 heteroatoms. The Balaban J connectivity index is 1.78. The summed E-state index contributed by atoms with van der Waals surface area (Å²) >= 11 is 0. The minimum absolute atomic E-state index is 0.231. The first-order chi connectivity index (χ1) is 15.2. The SMILES string of the molecule is CNC(=O)C(NC(=O)c1nc(-c2cc3ccccc3o2)n2c1CN(C)CCC2)C(C)(C)C. The van der Waals surface area contributed by atoms with Gasteiger partial charge >= 0.3 is 0 Å². The molecule has 2 N–H and O–H groups in total. The second-order valence-corrected chi connectivity index (χ2v) is 9.51. The lowest BCUT2D eigenvalue weighted by Crippen LogP contribution is -2.53. The van der Waals surface area contributed by atoms with E-state index < -0.39 is 11.5 Å². The number of furan rings is 1. The number of fused-ring (bicyclic) bond motifs is 2. The maximum Gasteiger partial charge on any atom is 0.272 e. The third kappa shape index (κ3) is 4.14. The molecule has 32 heavy (non-hydrogen) atoms. The average molecular weight is 438 g/mol. The van der Waals surface area contributed by atoms with Gasteiger partial charge in [0.25, 0.3) is 5.91 Å². The monoisotopic (exact) mass is 437 g/mol. The van der Waals surface area contributed by atoms with Crippen LogP contribution >= 0.6 is 0 Å². The Kier molecular flexibility index (Phi) is 5.81. The Bertz CT molecular complexity index is 1120. The molecule has 0 aliphatic carbocycles. The molecule has 3 aromatic rings. The molecule has 8 nitrogen and oxygen atoms in total. The standard InChI is InChI=1S/C24H31N5O3/c1-24(2,3)20(23(31)25-4)27-22(30)19-16-14-28(5)11-8-12-29(16)21(26-19)18-13-15-9-6-7-10-17(15)32-18/h6-7,9-10,13,20H,8,11-12,14H2,1-5H3,(H,25,31)(H,27,30). The summed E-state index contributed by atoms with van der Waals surface area (Å²) in [6, 6.07) is 9.09. The summed E-state index contributed by atoms with van der Waals surface area (Å²) in [4.78, 5) is 32.8. The van der Waals surface area contributed by atoms with Gasteiger partial charge in [-0.25, -0.2) is 4.98 Å². The van der Waals surface area contributed by atoms with E-state index in [-0.39, 0.29) is 11.8 Å². The highest BCUT2D eigenvalue weighted by Gasteiger charge is 2.35. The van der Waals surface area contributed by atoms with Crippen molar-refractivity contribution in [3.05, 3.63) is 41.7 Å². The fraction of sp³-hybridized carbons (Fsp3) is 0.458. The van der Waals surface area contributed by atoms with Gasteiger partial charge in [-0.3, -0.25) is 9.59 Å². The van der Waals surface area contributed by atoms with E-state index in [0.717, 1.165) is 36.2 Å². The largest absolute Gasteiger partial charge is 0.453 e. The van der Waals surface area contributed by atoms with Gasteiger partial charge in [0.05, 0.1) is 5.69 Å². The average Bonchev–Trinajstić information content (AvgIpc) is 3.26. The first-order valence-corrected chi connectivity index (χ1v) is 11.0. The number of carbonyl (C=O) groups is 2. The summed E-state index contributed by atoms with van der Waals surface area (Å²) in [6.45, 7) is 8.03. The van der Waals surface area contributed by atoms with E-state index in [1.807, 2.05) is 58.2 Å². The fourth-order valence-electron chi connectivity index (χ4n) is 4.20. The van der Waals surface area contributed by atoms with Crippen LogP contribution in [-0.2, 0) is 17.9 Å². The molecule has 3 heterocycles. The number of hydrogen-bond donors (Lipinski definition) is 2. The number of para-hydroxylation sites is 1. The van der Waals surface area contributed by atoms with Crippen molar-refractivity contribution < 1.29 is 14.0 Å². The number of nitrogens with one attached hydrogen (secondary N) is 2. The molecule has 1 aliphatic heterocycles. The van der Waals surface area contributed by atoms with Crippen LogP contribution in [0, 0.1) is 5.41 Å². The van der Waals surface area contributed by atoms with E-state index in [9.17, 15) is 9.59 Å². The molecular weight excluding hydrogens is 406 g/mol. The van der Waals surface area contributed by atoms with E-state index in [4.69, 9.17) is 9.40 Å². The number of hydrogen-bond acceptors (Lipinski definition) is 5. The summed E-state index contributed by atoms with van der Waals surface area (Å²) in [6.07, 6.45) is 0.941. The Morgan fingerprint density at radius 2 is 1.94 bits per heavy atom. The fourth-order valence-corrected chi connectivity index (χ4v) is 4.20. The maximum absolute atomic E-state index is 13.4. The van der Waals surface area contributed by atoms with Crippen molar-refractivity contribution in [2.24, 2.45) is 5.41 Å². The number of aromatic nitrogens is 2. The third-order valence-corrected chi connectivity index (χ3v) is 5.92. The van der Waals surface area contributed by atoms with Gasteiger partial charge in [0.15, 0.2) is 17.3 Å². The second-order valence-electron chi connectivity index (χ2n) is 9.51. The Hall–Kier alpha value is -3.13. The predicted molar refractivity (Wildman–Crippen MR) is 123 cm³/mol. The first-order valence-electron chi connectivity index (χ1n) is 11.0. The van der Waals surface area contributed by atoms with Crippen molar-refractivity contribution in [3.8, 4) is 11.6 Å². The Morgan fingerprint density at radius 1 is 1.19 bits per heavy atom. The molecule has 0 radical (unpaired) electrons. The number of benzene rings is 1. The number of nitrogens with zero attached hydrogens (tertiary/aromatic N) is 3. The van der Waals surface area contributed by atoms with E-state index in [1.165, 1.54) is 0 Å². The topological polar surface area (TPSA) is 92.4 Å². The van der Waals surface area contributed by atoms with Gasteiger partial charge in [-0.1, -0.05) is 39.0 Å². The highest BCUT2D eigenvalue weighted by Crippen LogP contribution is 2.31. The lowest BCUT2D eigenvalue weighted by atomic mass is 9.86. The zero-order chi connectivity index (χ0) is 23.0. The van der Waals surface area contributed by atoms with E-state index in [0.29, 0.717) is 23.8 Å². The van der Waals surface area contributed by atoms with E-state index in [2.05, 4.69) is 20.1 Å². The van der Waals surface area contributed by atoms with E-state index >= 15 is 0 Å². The number of rotatable bonds is 4. The molecule has 1 aliphatic rings. The van der Waals surface area contributed by atoms with Crippen LogP contribution in [0.3, 0.4) is 0 Å². The van der Waals surface area contributed by atoms with Crippen molar-refractivity contribution in [1.82, 2.24) is 25.1 Å². The van der Waals surface area contributed by atoms with Gasteiger partial charge in [0.1, 0.15) is 11.6 Å². The molecule has 0 spiro atoms. The van der Waals surface area contributed by atoms with Crippen molar-refractivity contribution in [3.63, 3.8) is 0 Å². The van der Waals surface area contributed by atoms with Gasteiger partial charge in [0, 0.05) is 25.5 Å². The number of likely N-dealkylation sites (N-methyl/N-ethyl adjacent to an activating group) is 1. The third-order valence-electron chi connectivity index (χ3n) is 5.92. The number of carbonyl (C=O) groups excluding carboxylic acids is 2. The van der Waals surface area contributed by atoms with Crippen molar-refractivity contribution in [2.75, 3.05) is 20.6 Å². The minimum Gasteiger partial charge on any atom is -0.453 e. The number of amides is 2. The van der Waals surface area contributed by atoms with Crippen LogP contribution in [-0.4, -0.2) is 52.9 Å². The van der Waals surface area contributed by atoms with Crippen LogP contribution in [0.15, 0.2) is 34.7 Å². The zero-order valence-electron chi connectivity index (χ0n) is 19.4. The minimum atomic E-state index is -0.685. The van der Waals surface area contributed by atoms with Crippen LogP contribution in [0.5, 0.6) is 0 Å². The highest BCUT2D eigenvalue weighted by atomic mass is 16.3. The Morgan fingerprint density at radius 3 is 2.62 bits per heavy atom. The molecule has 2 amide bonds. The molecule has 4 rings (SSSR count). The zero-order valence-corrected chi connectivity index (χ0v) is 19.4. The van der Waals surface area contributed by atoms with Crippen molar-refractivity contribution >= 4 is 22.8 Å². The molecule has 0 fully saturated rings. The normalized spacial score (nSPS) is 15.8. The smallest absolute Gasteiger partial charge is 0.272 e. The van der Waals surface area contributed by atoms with Gasteiger partial charge in [0.2, 0.25) is 5.91 Å². The highest BCUT2D eigenvalue weighted by molar-refractivity contribution is 5.98.